The van der Waals surface area contributed by atoms with Crippen LogP contribution in [0.2, 0.25) is 0 Å². The van der Waals surface area contributed by atoms with Crippen molar-refractivity contribution in [1.82, 2.24) is 5.32 Å². The summed E-state index contributed by atoms with van der Waals surface area (Å²) in [4.78, 5) is 0. The van der Waals surface area contributed by atoms with Crippen LogP contribution in [0, 0.1) is 11.3 Å². The molecule has 1 aromatic heterocycles. The lowest BCUT2D eigenvalue weighted by atomic mass is 9.65. The molecule has 0 aliphatic heterocycles. The monoisotopic (exact) mass is 265 g/mol. The highest BCUT2D eigenvalue weighted by atomic mass is 32.1. The summed E-state index contributed by atoms with van der Waals surface area (Å²) in [6, 6.07) is 2.87. The minimum atomic E-state index is 0.478. The number of rotatable bonds is 5. The van der Waals surface area contributed by atoms with Gasteiger partial charge in [-0.05, 0) is 59.5 Å². The molecule has 1 aromatic rings. The van der Waals surface area contributed by atoms with Crippen LogP contribution in [-0.4, -0.2) is 6.54 Å². The molecule has 2 rings (SSSR count). The molecule has 0 radical (unpaired) electrons. The van der Waals surface area contributed by atoms with Gasteiger partial charge >= 0.3 is 0 Å². The molecule has 0 aromatic carbocycles. The van der Waals surface area contributed by atoms with Gasteiger partial charge in [0.1, 0.15) is 0 Å². The lowest BCUT2D eigenvalue weighted by Gasteiger charge is -2.43. The highest BCUT2D eigenvalue weighted by molar-refractivity contribution is 7.07. The van der Waals surface area contributed by atoms with Crippen molar-refractivity contribution < 1.29 is 0 Å². The van der Waals surface area contributed by atoms with Gasteiger partial charge < -0.3 is 5.32 Å². The summed E-state index contributed by atoms with van der Waals surface area (Å²) in [6.07, 6.45) is 6.79. The van der Waals surface area contributed by atoms with Gasteiger partial charge in [0, 0.05) is 6.04 Å². The fraction of sp³-hybridized carbons (Fsp3) is 0.750. The summed E-state index contributed by atoms with van der Waals surface area (Å²) in [6.45, 7) is 8.31. The van der Waals surface area contributed by atoms with E-state index >= 15 is 0 Å². The lowest BCUT2D eigenvalue weighted by Crippen LogP contribution is -2.39. The van der Waals surface area contributed by atoms with Crippen molar-refractivity contribution in [3.05, 3.63) is 22.4 Å². The Balaban J connectivity index is 2.17. The van der Waals surface area contributed by atoms with Gasteiger partial charge in [-0.3, -0.25) is 0 Å². The number of thiophene rings is 1. The topological polar surface area (TPSA) is 12.0 Å². The van der Waals surface area contributed by atoms with E-state index in [1.807, 2.05) is 11.3 Å². The molecule has 2 unspecified atom stereocenters. The summed E-state index contributed by atoms with van der Waals surface area (Å²) < 4.78 is 0. The van der Waals surface area contributed by atoms with Crippen molar-refractivity contribution in [2.75, 3.05) is 6.54 Å². The zero-order valence-corrected chi connectivity index (χ0v) is 12.9. The van der Waals surface area contributed by atoms with Gasteiger partial charge in [-0.15, -0.1) is 0 Å². The third-order valence-corrected chi connectivity index (χ3v) is 5.21. The Morgan fingerprint density at radius 1 is 1.44 bits per heavy atom. The molecule has 0 bridgehead atoms. The Morgan fingerprint density at radius 2 is 2.28 bits per heavy atom. The van der Waals surface area contributed by atoms with E-state index in [1.165, 1.54) is 37.7 Å². The molecule has 0 amide bonds. The second-order valence-corrected chi connectivity index (χ2v) is 7.11. The number of nitrogens with one attached hydrogen (secondary N) is 1. The molecule has 1 N–H and O–H groups in total. The van der Waals surface area contributed by atoms with Gasteiger partial charge in [0.15, 0.2) is 0 Å². The van der Waals surface area contributed by atoms with Gasteiger partial charge in [-0.25, -0.2) is 0 Å². The molecule has 1 aliphatic carbocycles. The van der Waals surface area contributed by atoms with Gasteiger partial charge in [0.2, 0.25) is 0 Å². The highest BCUT2D eigenvalue weighted by Crippen LogP contribution is 2.47. The zero-order chi connectivity index (χ0) is 13.0. The quantitative estimate of drug-likeness (QED) is 0.789. The third kappa shape index (κ3) is 3.16. The van der Waals surface area contributed by atoms with E-state index in [1.54, 1.807) is 0 Å². The Kier molecular flexibility index (Phi) is 4.85. The predicted molar refractivity (Wildman–Crippen MR) is 81.1 cm³/mol. The van der Waals surface area contributed by atoms with Crippen LogP contribution in [0.15, 0.2) is 16.8 Å². The van der Waals surface area contributed by atoms with Crippen LogP contribution in [0.3, 0.4) is 0 Å². The Bertz CT molecular complexity index is 342. The number of hydrogen-bond donors (Lipinski definition) is 1. The molecule has 0 saturated heterocycles. The summed E-state index contributed by atoms with van der Waals surface area (Å²) in [7, 11) is 0. The van der Waals surface area contributed by atoms with Crippen molar-refractivity contribution in [1.29, 1.82) is 0 Å². The van der Waals surface area contributed by atoms with Crippen molar-refractivity contribution in [3.63, 3.8) is 0 Å². The van der Waals surface area contributed by atoms with Crippen LogP contribution in [0.1, 0.15) is 64.5 Å². The number of hydrogen-bond acceptors (Lipinski definition) is 2. The fourth-order valence-electron chi connectivity index (χ4n) is 3.38. The van der Waals surface area contributed by atoms with E-state index in [0.717, 1.165) is 12.5 Å². The molecule has 1 fully saturated rings. The first-order valence-electron chi connectivity index (χ1n) is 7.40. The lowest BCUT2D eigenvalue weighted by molar-refractivity contribution is 0.0983. The molecule has 1 heterocycles. The Morgan fingerprint density at radius 3 is 2.89 bits per heavy atom. The third-order valence-electron chi connectivity index (χ3n) is 4.51. The van der Waals surface area contributed by atoms with Crippen molar-refractivity contribution >= 4 is 11.3 Å². The van der Waals surface area contributed by atoms with Crippen molar-refractivity contribution in [2.24, 2.45) is 11.3 Å². The second kappa shape index (κ2) is 6.21. The van der Waals surface area contributed by atoms with Gasteiger partial charge in [0.05, 0.1) is 0 Å². The minimum absolute atomic E-state index is 0.478. The smallest absolute Gasteiger partial charge is 0.0362 e. The fourth-order valence-corrected chi connectivity index (χ4v) is 4.08. The molecular weight excluding hydrogens is 238 g/mol. The van der Waals surface area contributed by atoms with Crippen molar-refractivity contribution in [2.45, 2.75) is 58.9 Å². The maximum atomic E-state index is 3.80. The first kappa shape index (κ1) is 14.1. The maximum absolute atomic E-state index is 3.80. The summed E-state index contributed by atoms with van der Waals surface area (Å²) in [5.41, 5.74) is 1.99. The van der Waals surface area contributed by atoms with Gasteiger partial charge in [0.25, 0.3) is 0 Å². The molecule has 18 heavy (non-hydrogen) atoms. The molecular formula is C16H27NS. The van der Waals surface area contributed by atoms with Crippen LogP contribution in [0.25, 0.3) is 0 Å². The molecule has 0 spiro atoms. The first-order chi connectivity index (χ1) is 8.65. The average Bonchev–Trinajstić information content (AvgIpc) is 2.85. The Labute approximate surface area is 116 Å². The van der Waals surface area contributed by atoms with Crippen LogP contribution < -0.4 is 5.32 Å². The molecule has 2 atom stereocenters. The van der Waals surface area contributed by atoms with E-state index in [2.05, 4.69) is 42.9 Å². The predicted octanol–water partition coefficient (Wildman–Crippen LogP) is 5.01. The highest BCUT2D eigenvalue weighted by Gasteiger charge is 2.37. The molecule has 102 valence electrons. The van der Waals surface area contributed by atoms with Gasteiger partial charge in [-0.2, -0.15) is 11.3 Å². The van der Waals surface area contributed by atoms with Crippen molar-refractivity contribution in [3.8, 4) is 0 Å². The summed E-state index contributed by atoms with van der Waals surface area (Å²) in [5, 5.41) is 8.35. The van der Waals surface area contributed by atoms with Crippen LogP contribution in [0.5, 0.6) is 0 Å². The van der Waals surface area contributed by atoms with E-state index in [9.17, 15) is 0 Å². The van der Waals surface area contributed by atoms with E-state index in [0.29, 0.717) is 11.5 Å². The van der Waals surface area contributed by atoms with Gasteiger partial charge in [-0.1, -0.05) is 33.6 Å². The Hall–Kier alpha value is -0.340. The van der Waals surface area contributed by atoms with Crippen LogP contribution in [0.4, 0.5) is 0 Å². The maximum Gasteiger partial charge on any atom is 0.0362 e. The van der Waals surface area contributed by atoms with E-state index < -0.39 is 0 Å². The van der Waals surface area contributed by atoms with Crippen LogP contribution in [-0.2, 0) is 0 Å². The SMILES string of the molecule is CCCNC(c1ccsc1)C1CCCCC1(C)C. The second-order valence-electron chi connectivity index (χ2n) is 6.33. The van der Waals surface area contributed by atoms with Crippen LogP contribution >= 0.6 is 11.3 Å². The molecule has 1 nitrogen and oxygen atoms in total. The zero-order valence-electron chi connectivity index (χ0n) is 12.0. The molecule has 1 aliphatic rings. The van der Waals surface area contributed by atoms with E-state index in [-0.39, 0.29) is 0 Å². The minimum Gasteiger partial charge on any atom is -0.310 e. The molecule has 2 heteroatoms. The summed E-state index contributed by atoms with van der Waals surface area (Å²) in [5.74, 6) is 0.785. The average molecular weight is 265 g/mol. The normalized spacial score (nSPS) is 24.9. The standard InChI is InChI=1S/C16H27NS/c1-4-10-17-15(13-8-11-18-12-13)14-7-5-6-9-16(14,2)3/h8,11-12,14-15,17H,4-7,9-10H2,1-3H3. The largest absolute Gasteiger partial charge is 0.310 e. The van der Waals surface area contributed by atoms with E-state index in [4.69, 9.17) is 0 Å². The molecule has 1 saturated carbocycles. The first-order valence-corrected chi connectivity index (χ1v) is 8.35. The summed E-state index contributed by atoms with van der Waals surface area (Å²) >= 11 is 1.83.